The molecule has 0 N–H and O–H groups in total. The van der Waals surface area contributed by atoms with E-state index in [0.29, 0.717) is 24.7 Å². The number of piperazine rings is 1. The summed E-state index contributed by atoms with van der Waals surface area (Å²) in [5, 5.41) is 8.35. The van der Waals surface area contributed by atoms with Gasteiger partial charge in [-0.3, -0.25) is 14.4 Å². The number of hydrogen-bond acceptors (Lipinski definition) is 6. The van der Waals surface area contributed by atoms with Gasteiger partial charge in [-0.25, -0.2) is 0 Å². The van der Waals surface area contributed by atoms with Crippen molar-refractivity contribution in [2.24, 2.45) is 7.05 Å². The molecule has 3 heterocycles. The lowest BCUT2D eigenvalue weighted by Gasteiger charge is -2.34. The van der Waals surface area contributed by atoms with E-state index in [1.807, 2.05) is 23.6 Å². The summed E-state index contributed by atoms with van der Waals surface area (Å²) < 4.78 is 6.88. The first-order valence-corrected chi connectivity index (χ1v) is 8.72. The van der Waals surface area contributed by atoms with Gasteiger partial charge in [0.15, 0.2) is 5.82 Å². The maximum atomic E-state index is 12.5. The summed E-state index contributed by atoms with van der Waals surface area (Å²) >= 11 is 0. The highest BCUT2D eigenvalue weighted by molar-refractivity contribution is 5.76. The molecule has 0 spiro atoms. The number of aryl methyl sites for hydroxylation is 3. The first-order chi connectivity index (χ1) is 11.9. The second-order valence-electron chi connectivity index (χ2n) is 6.66. The molecule has 0 saturated carbocycles. The third kappa shape index (κ3) is 4.07. The van der Waals surface area contributed by atoms with E-state index in [9.17, 15) is 4.79 Å². The fourth-order valence-corrected chi connectivity index (χ4v) is 3.33. The summed E-state index contributed by atoms with van der Waals surface area (Å²) in [6, 6.07) is 0. The molecule has 25 heavy (non-hydrogen) atoms. The number of amides is 1. The van der Waals surface area contributed by atoms with Gasteiger partial charge in [0, 0.05) is 52.3 Å². The Morgan fingerprint density at radius 3 is 2.44 bits per heavy atom. The van der Waals surface area contributed by atoms with E-state index in [-0.39, 0.29) is 5.91 Å². The quantitative estimate of drug-likeness (QED) is 0.804. The van der Waals surface area contributed by atoms with Gasteiger partial charge in [0.25, 0.3) is 0 Å². The van der Waals surface area contributed by atoms with Crippen LogP contribution in [-0.4, -0.2) is 61.8 Å². The smallest absolute Gasteiger partial charge is 0.223 e. The zero-order valence-electron chi connectivity index (χ0n) is 15.4. The Hall–Kier alpha value is -2.22. The summed E-state index contributed by atoms with van der Waals surface area (Å²) in [4.78, 5) is 21.0. The van der Waals surface area contributed by atoms with Crippen LogP contribution < -0.4 is 0 Å². The molecule has 1 saturated heterocycles. The molecule has 8 heteroatoms. The summed E-state index contributed by atoms with van der Waals surface area (Å²) in [7, 11) is 1.94. The fourth-order valence-electron chi connectivity index (χ4n) is 3.33. The van der Waals surface area contributed by atoms with Gasteiger partial charge in [-0.2, -0.15) is 10.1 Å². The summed E-state index contributed by atoms with van der Waals surface area (Å²) in [6.45, 7) is 9.70. The van der Waals surface area contributed by atoms with Crippen molar-refractivity contribution in [3.8, 4) is 0 Å². The predicted molar refractivity (Wildman–Crippen MR) is 91.9 cm³/mol. The molecule has 1 fully saturated rings. The second kappa shape index (κ2) is 7.35. The first-order valence-electron chi connectivity index (χ1n) is 8.72. The molecule has 0 unspecified atom stereocenters. The lowest BCUT2D eigenvalue weighted by atomic mass is 10.1. The monoisotopic (exact) mass is 346 g/mol. The topological polar surface area (TPSA) is 80.3 Å². The second-order valence-corrected chi connectivity index (χ2v) is 6.66. The number of hydrogen-bond donors (Lipinski definition) is 0. The number of nitrogens with zero attached hydrogens (tertiary/aromatic N) is 6. The molecular weight excluding hydrogens is 320 g/mol. The molecule has 0 aliphatic carbocycles. The third-order valence-corrected chi connectivity index (χ3v) is 4.91. The first kappa shape index (κ1) is 17.6. The van der Waals surface area contributed by atoms with Crippen LogP contribution >= 0.6 is 0 Å². The highest BCUT2D eigenvalue weighted by atomic mass is 16.5. The van der Waals surface area contributed by atoms with Gasteiger partial charge >= 0.3 is 0 Å². The molecule has 0 radical (unpaired) electrons. The van der Waals surface area contributed by atoms with Crippen LogP contribution in [0.4, 0.5) is 0 Å². The van der Waals surface area contributed by atoms with Gasteiger partial charge in [0.1, 0.15) is 0 Å². The van der Waals surface area contributed by atoms with Crippen molar-refractivity contribution in [2.75, 3.05) is 26.2 Å². The van der Waals surface area contributed by atoms with Crippen molar-refractivity contribution < 1.29 is 9.32 Å². The van der Waals surface area contributed by atoms with Gasteiger partial charge in [-0.1, -0.05) is 5.16 Å². The van der Waals surface area contributed by atoms with Crippen molar-refractivity contribution in [1.29, 1.82) is 0 Å². The van der Waals surface area contributed by atoms with Crippen LogP contribution in [0.25, 0.3) is 0 Å². The molecule has 1 aliphatic rings. The minimum Gasteiger partial charge on any atom is -0.340 e. The predicted octanol–water partition coefficient (Wildman–Crippen LogP) is 1.01. The molecule has 136 valence electrons. The van der Waals surface area contributed by atoms with Crippen LogP contribution in [0.15, 0.2) is 4.52 Å². The summed E-state index contributed by atoms with van der Waals surface area (Å²) in [5.41, 5.74) is 3.36. The minimum atomic E-state index is 0.220. The maximum absolute atomic E-state index is 12.5. The Morgan fingerprint density at radius 2 is 1.88 bits per heavy atom. The Kier molecular flexibility index (Phi) is 5.17. The third-order valence-electron chi connectivity index (χ3n) is 4.91. The van der Waals surface area contributed by atoms with Crippen molar-refractivity contribution >= 4 is 5.91 Å². The lowest BCUT2D eigenvalue weighted by Crippen LogP contribution is -2.48. The van der Waals surface area contributed by atoms with Gasteiger partial charge < -0.3 is 9.42 Å². The highest BCUT2D eigenvalue weighted by Gasteiger charge is 2.22. The van der Waals surface area contributed by atoms with Crippen LogP contribution in [-0.2, 0) is 24.8 Å². The van der Waals surface area contributed by atoms with E-state index in [0.717, 1.165) is 44.0 Å². The van der Waals surface area contributed by atoms with Crippen molar-refractivity contribution in [3.05, 3.63) is 28.7 Å². The molecule has 8 nitrogen and oxygen atoms in total. The van der Waals surface area contributed by atoms with Gasteiger partial charge in [-0.05, 0) is 25.8 Å². The molecular formula is C17H26N6O2. The Labute approximate surface area is 147 Å². The Morgan fingerprint density at radius 1 is 1.16 bits per heavy atom. The molecule has 1 amide bonds. The number of carbonyl (C=O) groups is 1. The standard InChI is InChI=1S/C17H26N6O2/c1-12-15(13(2)21(4)19-12)5-6-17(24)23-9-7-22(8-10-23)11-16-18-14(3)25-20-16/h5-11H2,1-4H3. The summed E-state index contributed by atoms with van der Waals surface area (Å²) in [5.74, 6) is 1.52. The van der Waals surface area contributed by atoms with Gasteiger partial charge in [0.05, 0.1) is 12.2 Å². The lowest BCUT2D eigenvalue weighted by molar-refractivity contribution is -0.133. The number of aromatic nitrogens is 4. The molecule has 0 atom stereocenters. The zero-order chi connectivity index (χ0) is 18.0. The van der Waals surface area contributed by atoms with Crippen LogP contribution in [0.2, 0.25) is 0 Å². The van der Waals surface area contributed by atoms with Gasteiger partial charge in [0.2, 0.25) is 11.8 Å². The average molecular weight is 346 g/mol. The highest BCUT2D eigenvalue weighted by Crippen LogP contribution is 2.15. The van der Waals surface area contributed by atoms with Gasteiger partial charge in [-0.15, -0.1) is 0 Å². The largest absolute Gasteiger partial charge is 0.340 e. The van der Waals surface area contributed by atoms with E-state index in [2.05, 4.69) is 27.1 Å². The van der Waals surface area contributed by atoms with Crippen molar-refractivity contribution in [1.82, 2.24) is 29.7 Å². The van der Waals surface area contributed by atoms with E-state index in [1.54, 1.807) is 6.92 Å². The maximum Gasteiger partial charge on any atom is 0.223 e. The molecule has 2 aromatic rings. The number of carbonyl (C=O) groups excluding carboxylic acids is 1. The number of rotatable bonds is 5. The van der Waals surface area contributed by atoms with E-state index >= 15 is 0 Å². The molecule has 3 rings (SSSR count). The van der Waals surface area contributed by atoms with Crippen LogP contribution in [0.1, 0.15) is 35.1 Å². The molecule has 2 aromatic heterocycles. The zero-order valence-corrected chi connectivity index (χ0v) is 15.4. The SMILES string of the molecule is Cc1nc(CN2CCN(C(=O)CCc3c(C)nn(C)c3C)CC2)no1. The van der Waals surface area contributed by atoms with Crippen LogP contribution in [0.3, 0.4) is 0 Å². The molecule has 0 aromatic carbocycles. The van der Waals surface area contributed by atoms with Crippen LogP contribution in [0.5, 0.6) is 0 Å². The average Bonchev–Trinajstić information content (AvgIpc) is 3.09. The minimum absolute atomic E-state index is 0.220. The Balaban J connectivity index is 1.46. The van der Waals surface area contributed by atoms with E-state index < -0.39 is 0 Å². The van der Waals surface area contributed by atoms with Crippen LogP contribution in [0, 0.1) is 20.8 Å². The summed E-state index contributed by atoms with van der Waals surface area (Å²) in [6.07, 6.45) is 1.30. The van der Waals surface area contributed by atoms with E-state index in [1.165, 1.54) is 5.56 Å². The van der Waals surface area contributed by atoms with Crippen molar-refractivity contribution in [3.63, 3.8) is 0 Å². The normalized spacial score (nSPS) is 15.8. The fraction of sp³-hybridized carbons (Fsp3) is 0.647. The van der Waals surface area contributed by atoms with Crippen molar-refractivity contribution in [2.45, 2.75) is 40.2 Å². The molecule has 0 bridgehead atoms. The van der Waals surface area contributed by atoms with E-state index in [4.69, 9.17) is 4.52 Å². The molecule has 1 aliphatic heterocycles. The Bertz CT molecular complexity index is 742.